The van der Waals surface area contributed by atoms with Crippen LogP contribution >= 0.6 is 11.9 Å². The largest absolute Gasteiger partial charge is 0.367 e. The van der Waals surface area contributed by atoms with Crippen molar-refractivity contribution >= 4 is 23.9 Å². The number of carbonyl (C=O) groups is 1. The van der Waals surface area contributed by atoms with E-state index in [0.717, 1.165) is 29.0 Å². The minimum Gasteiger partial charge on any atom is -0.367 e. The Hall–Kier alpha value is -2.47. The van der Waals surface area contributed by atoms with E-state index in [9.17, 15) is 4.79 Å². The van der Waals surface area contributed by atoms with Gasteiger partial charge in [-0.3, -0.25) is 4.79 Å². The lowest BCUT2D eigenvalue weighted by Gasteiger charge is -2.39. The number of benzene rings is 1. The van der Waals surface area contributed by atoms with Gasteiger partial charge in [0.25, 0.3) is 0 Å². The Kier molecular flexibility index (Phi) is 4.59. The van der Waals surface area contributed by atoms with Gasteiger partial charge in [0, 0.05) is 40.7 Å². The highest BCUT2D eigenvalue weighted by Gasteiger charge is 2.36. The highest BCUT2D eigenvalue weighted by molar-refractivity contribution is 7.97. The lowest BCUT2D eigenvalue weighted by molar-refractivity contribution is -0.114. The Labute approximate surface area is 158 Å². The molecule has 0 saturated carbocycles. The lowest BCUT2D eigenvalue weighted by Crippen LogP contribution is -2.50. The second-order valence-corrected chi connectivity index (χ2v) is 7.93. The average Bonchev–Trinajstić information content (AvgIpc) is 2.67. The van der Waals surface area contributed by atoms with Crippen LogP contribution in [0.1, 0.15) is 25.8 Å². The van der Waals surface area contributed by atoms with Gasteiger partial charge in [0.1, 0.15) is 11.9 Å². The quantitative estimate of drug-likeness (QED) is 0.827. The van der Waals surface area contributed by atoms with E-state index in [2.05, 4.69) is 35.2 Å². The number of fused-ring (bicyclic) bond motifs is 2. The Bertz CT molecular complexity index is 840. The molecule has 0 amide bonds. The molecule has 6 heteroatoms. The number of carbonyl (C=O) groups excluding carboxylic acids is 1. The van der Waals surface area contributed by atoms with Crippen molar-refractivity contribution in [1.82, 2.24) is 14.6 Å². The molecule has 134 valence electrons. The summed E-state index contributed by atoms with van der Waals surface area (Å²) in [6.07, 6.45) is 10.4. The molecular weight excluding hydrogens is 344 g/mol. The third kappa shape index (κ3) is 3.17. The van der Waals surface area contributed by atoms with Crippen LogP contribution in [0.2, 0.25) is 0 Å². The molecular formula is C20H22N4OS. The second kappa shape index (κ2) is 7.03. The predicted octanol–water partition coefficient (Wildman–Crippen LogP) is 3.48. The second-order valence-electron chi connectivity index (χ2n) is 6.96. The molecule has 0 spiro atoms. The summed E-state index contributed by atoms with van der Waals surface area (Å²) in [6, 6.07) is 8.08. The van der Waals surface area contributed by atoms with Crippen molar-refractivity contribution in [2.75, 3.05) is 6.54 Å². The third-order valence-electron chi connectivity index (χ3n) is 4.61. The van der Waals surface area contributed by atoms with E-state index >= 15 is 0 Å². The van der Waals surface area contributed by atoms with Gasteiger partial charge >= 0.3 is 0 Å². The maximum atomic E-state index is 13.1. The number of nitrogens with one attached hydrogen (secondary N) is 1. The summed E-state index contributed by atoms with van der Waals surface area (Å²) >= 11 is 1.49. The van der Waals surface area contributed by atoms with Crippen molar-refractivity contribution < 1.29 is 4.79 Å². The molecule has 0 fully saturated rings. The van der Waals surface area contributed by atoms with Gasteiger partial charge in [-0.1, -0.05) is 32.0 Å². The lowest BCUT2D eigenvalue weighted by atomic mass is 9.98. The normalized spacial score (nSPS) is 21.2. The summed E-state index contributed by atoms with van der Waals surface area (Å²) in [4.78, 5) is 16.4. The maximum absolute atomic E-state index is 13.1. The number of rotatable bonds is 4. The Morgan fingerprint density at radius 2 is 2.15 bits per heavy atom. The number of ketones is 1. The van der Waals surface area contributed by atoms with Crippen LogP contribution in [0.15, 0.2) is 70.1 Å². The van der Waals surface area contributed by atoms with E-state index in [1.807, 2.05) is 49.0 Å². The first-order valence-electron chi connectivity index (χ1n) is 8.89. The molecule has 0 saturated heterocycles. The molecule has 4 rings (SSSR count). The molecule has 5 nitrogen and oxygen atoms in total. The van der Waals surface area contributed by atoms with Crippen LogP contribution in [0.25, 0.3) is 0 Å². The van der Waals surface area contributed by atoms with Crippen LogP contribution in [0, 0.1) is 5.92 Å². The van der Waals surface area contributed by atoms with Crippen molar-refractivity contribution in [2.24, 2.45) is 11.0 Å². The van der Waals surface area contributed by atoms with Crippen LogP contribution < -0.4 is 5.32 Å². The molecule has 1 N–H and O–H groups in total. The molecule has 3 aliphatic rings. The smallest absolute Gasteiger partial charge is 0.213 e. The van der Waals surface area contributed by atoms with Crippen LogP contribution in [-0.4, -0.2) is 34.0 Å². The minimum atomic E-state index is -0.0962. The summed E-state index contributed by atoms with van der Waals surface area (Å²) in [6.45, 7) is 5.31. The average molecular weight is 366 g/mol. The van der Waals surface area contributed by atoms with Gasteiger partial charge in [0.15, 0.2) is 0 Å². The van der Waals surface area contributed by atoms with Gasteiger partial charge in [-0.2, -0.15) is 9.52 Å². The standard InChI is InChI=1S/C20H22N4OS/c1-14(2)9-11-23-13-17(19(25)16-7-5-10-21-20(16)23)24-22-12-15-6-3-4-8-18(15)26-24/h3-8,10,12-14,20-21H,9,11H2,1-2H3. The van der Waals surface area contributed by atoms with Crippen LogP contribution in [-0.2, 0) is 4.79 Å². The highest BCUT2D eigenvalue weighted by atomic mass is 32.2. The molecule has 0 aromatic heterocycles. The maximum Gasteiger partial charge on any atom is 0.213 e. The Balaban J connectivity index is 1.66. The summed E-state index contributed by atoms with van der Waals surface area (Å²) in [7, 11) is 0. The molecule has 0 radical (unpaired) electrons. The van der Waals surface area contributed by atoms with E-state index in [1.165, 1.54) is 11.9 Å². The van der Waals surface area contributed by atoms with Crippen LogP contribution in [0.5, 0.6) is 0 Å². The van der Waals surface area contributed by atoms with E-state index in [1.54, 1.807) is 4.41 Å². The van der Waals surface area contributed by atoms with Gasteiger partial charge < -0.3 is 10.2 Å². The molecule has 1 atom stereocenters. The van der Waals surface area contributed by atoms with E-state index in [-0.39, 0.29) is 11.9 Å². The summed E-state index contributed by atoms with van der Waals surface area (Å²) < 4.78 is 1.74. The van der Waals surface area contributed by atoms with Gasteiger partial charge in [-0.05, 0) is 36.8 Å². The SMILES string of the molecule is CC(C)CCN1C=C(N2N=Cc3ccccc3S2)C(=O)C2=CC=CNC21. The third-order valence-corrected chi connectivity index (χ3v) is 5.64. The van der Waals surface area contributed by atoms with Gasteiger partial charge in [0.05, 0.1) is 6.21 Å². The fourth-order valence-electron chi connectivity index (χ4n) is 3.14. The van der Waals surface area contributed by atoms with Gasteiger partial charge in [-0.25, -0.2) is 0 Å². The first-order chi connectivity index (χ1) is 12.6. The molecule has 0 aliphatic carbocycles. The van der Waals surface area contributed by atoms with Crippen molar-refractivity contribution in [1.29, 1.82) is 0 Å². The van der Waals surface area contributed by atoms with Crippen molar-refractivity contribution in [3.63, 3.8) is 0 Å². The number of dihydropyridines is 1. The summed E-state index contributed by atoms with van der Waals surface area (Å²) in [5, 5.41) is 7.81. The first-order valence-corrected chi connectivity index (χ1v) is 9.67. The highest BCUT2D eigenvalue weighted by Crippen LogP contribution is 2.36. The first kappa shape index (κ1) is 17.0. The monoisotopic (exact) mass is 366 g/mol. The van der Waals surface area contributed by atoms with Gasteiger partial charge in [-0.15, -0.1) is 0 Å². The van der Waals surface area contributed by atoms with E-state index in [0.29, 0.717) is 11.6 Å². The van der Waals surface area contributed by atoms with Crippen molar-refractivity contribution in [2.45, 2.75) is 31.3 Å². The minimum absolute atomic E-state index is 0.0247. The molecule has 3 aliphatic heterocycles. The number of hydrogen-bond donors (Lipinski definition) is 1. The number of allylic oxidation sites excluding steroid dienone is 3. The summed E-state index contributed by atoms with van der Waals surface area (Å²) in [5.41, 5.74) is 2.45. The Morgan fingerprint density at radius 1 is 1.31 bits per heavy atom. The predicted molar refractivity (Wildman–Crippen MR) is 105 cm³/mol. The zero-order valence-corrected chi connectivity index (χ0v) is 15.7. The summed E-state index contributed by atoms with van der Waals surface area (Å²) in [5.74, 6) is 0.627. The fraction of sp³-hybridized carbons (Fsp3) is 0.300. The van der Waals surface area contributed by atoms with E-state index < -0.39 is 0 Å². The zero-order chi connectivity index (χ0) is 18.1. The number of nitrogens with zero attached hydrogens (tertiary/aromatic N) is 3. The molecule has 0 bridgehead atoms. The van der Waals surface area contributed by atoms with Gasteiger partial charge in [0.2, 0.25) is 5.78 Å². The van der Waals surface area contributed by atoms with Crippen molar-refractivity contribution in [3.8, 4) is 0 Å². The molecule has 26 heavy (non-hydrogen) atoms. The van der Waals surface area contributed by atoms with E-state index in [4.69, 9.17) is 0 Å². The number of hydrazone groups is 1. The Morgan fingerprint density at radius 3 is 3.00 bits per heavy atom. The van der Waals surface area contributed by atoms with Crippen LogP contribution in [0.3, 0.4) is 0 Å². The molecule has 1 unspecified atom stereocenters. The van der Waals surface area contributed by atoms with Crippen LogP contribution in [0.4, 0.5) is 0 Å². The molecule has 1 aromatic rings. The number of Topliss-reactive ketones (excluding diaryl/α,β-unsaturated/α-hetero) is 1. The zero-order valence-electron chi connectivity index (χ0n) is 14.9. The number of hydrogen-bond acceptors (Lipinski definition) is 6. The fourth-order valence-corrected chi connectivity index (χ4v) is 4.02. The topological polar surface area (TPSA) is 47.9 Å². The van der Waals surface area contributed by atoms with Crippen molar-refractivity contribution in [3.05, 3.63) is 65.7 Å². The molecule has 1 aromatic carbocycles. The molecule has 3 heterocycles.